The molecule has 0 aliphatic rings. The lowest BCUT2D eigenvalue weighted by Crippen LogP contribution is -2.44. The molecule has 0 aliphatic heterocycles. The minimum absolute atomic E-state index is 0.0382. The van der Waals surface area contributed by atoms with Crippen molar-refractivity contribution in [3.8, 4) is 0 Å². The van der Waals surface area contributed by atoms with Crippen LogP contribution in [0.15, 0.2) is 24.3 Å². The van der Waals surface area contributed by atoms with Gasteiger partial charge < -0.3 is 15.3 Å². The number of aryl methyl sites for hydroxylation is 1. The molecule has 5 nitrogen and oxygen atoms in total. The SMILES string of the molecule is Cc1cccc(CNC(=O)N(CCCC(=O)O)C(C)C)c1. The number of carboxylic acids is 1. The first kappa shape index (κ1) is 17.0. The number of nitrogens with one attached hydrogen (secondary N) is 1. The van der Waals surface area contributed by atoms with E-state index >= 15 is 0 Å². The van der Waals surface area contributed by atoms with E-state index in [2.05, 4.69) is 5.32 Å². The van der Waals surface area contributed by atoms with Crippen LogP contribution in [0, 0.1) is 6.92 Å². The lowest BCUT2D eigenvalue weighted by molar-refractivity contribution is -0.137. The first-order valence-corrected chi connectivity index (χ1v) is 7.22. The highest BCUT2D eigenvalue weighted by Crippen LogP contribution is 2.06. The second kappa shape index (κ2) is 8.29. The summed E-state index contributed by atoms with van der Waals surface area (Å²) < 4.78 is 0. The van der Waals surface area contributed by atoms with E-state index < -0.39 is 5.97 Å². The minimum atomic E-state index is -0.834. The Morgan fingerprint density at radius 3 is 2.62 bits per heavy atom. The summed E-state index contributed by atoms with van der Waals surface area (Å²) in [6.07, 6.45) is 0.541. The Morgan fingerprint density at radius 2 is 2.05 bits per heavy atom. The number of carbonyl (C=O) groups is 2. The zero-order valence-electron chi connectivity index (χ0n) is 12.9. The van der Waals surface area contributed by atoms with Crippen LogP contribution in [0.4, 0.5) is 4.79 Å². The largest absolute Gasteiger partial charge is 0.481 e. The molecule has 0 aromatic heterocycles. The predicted molar refractivity (Wildman–Crippen MR) is 82.1 cm³/mol. The summed E-state index contributed by atoms with van der Waals surface area (Å²) in [5.41, 5.74) is 2.21. The molecule has 2 N–H and O–H groups in total. The van der Waals surface area contributed by atoms with Crippen LogP contribution in [0.3, 0.4) is 0 Å². The van der Waals surface area contributed by atoms with Crippen LogP contribution in [-0.2, 0) is 11.3 Å². The van der Waals surface area contributed by atoms with Crippen molar-refractivity contribution >= 4 is 12.0 Å². The van der Waals surface area contributed by atoms with Gasteiger partial charge in [-0.25, -0.2) is 4.79 Å². The van der Waals surface area contributed by atoms with E-state index in [9.17, 15) is 9.59 Å². The van der Waals surface area contributed by atoms with E-state index in [4.69, 9.17) is 5.11 Å². The van der Waals surface area contributed by atoms with Gasteiger partial charge in [0.05, 0.1) is 0 Å². The van der Waals surface area contributed by atoms with Gasteiger partial charge in [0.2, 0.25) is 0 Å². The standard InChI is InChI=1S/C16H24N2O3/c1-12(2)18(9-5-8-15(19)20)16(21)17-11-14-7-4-6-13(3)10-14/h4,6-7,10,12H,5,8-9,11H2,1-3H3,(H,17,21)(H,19,20). The van der Waals surface area contributed by atoms with Gasteiger partial charge in [-0.2, -0.15) is 0 Å². The average molecular weight is 292 g/mol. The molecule has 1 aromatic carbocycles. The van der Waals surface area contributed by atoms with Gasteiger partial charge in [0, 0.05) is 25.6 Å². The fourth-order valence-electron chi connectivity index (χ4n) is 2.10. The fourth-order valence-corrected chi connectivity index (χ4v) is 2.10. The number of hydrogen-bond acceptors (Lipinski definition) is 2. The van der Waals surface area contributed by atoms with Crippen molar-refractivity contribution in [3.63, 3.8) is 0 Å². The maximum absolute atomic E-state index is 12.2. The highest BCUT2D eigenvalue weighted by Gasteiger charge is 2.16. The molecule has 0 atom stereocenters. The molecule has 0 saturated carbocycles. The maximum atomic E-state index is 12.2. The molecule has 0 bridgehead atoms. The third-order valence-corrected chi connectivity index (χ3v) is 3.20. The maximum Gasteiger partial charge on any atom is 0.317 e. The topological polar surface area (TPSA) is 69.6 Å². The van der Waals surface area contributed by atoms with Crippen LogP contribution < -0.4 is 5.32 Å². The molecule has 0 radical (unpaired) electrons. The molecular formula is C16H24N2O3. The monoisotopic (exact) mass is 292 g/mol. The van der Waals surface area contributed by atoms with E-state index in [0.717, 1.165) is 11.1 Å². The van der Waals surface area contributed by atoms with Gasteiger partial charge in [0.25, 0.3) is 0 Å². The lowest BCUT2D eigenvalue weighted by Gasteiger charge is -2.26. The van der Waals surface area contributed by atoms with Gasteiger partial charge in [-0.05, 0) is 32.8 Å². The van der Waals surface area contributed by atoms with Crippen LogP contribution in [0.2, 0.25) is 0 Å². The predicted octanol–water partition coefficient (Wildman–Crippen LogP) is 2.78. The second-order valence-electron chi connectivity index (χ2n) is 5.43. The van der Waals surface area contributed by atoms with Crippen molar-refractivity contribution in [2.75, 3.05) is 6.54 Å². The summed E-state index contributed by atoms with van der Waals surface area (Å²) in [7, 11) is 0. The third kappa shape index (κ3) is 6.29. The average Bonchev–Trinajstić information content (AvgIpc) is 2.40. The fraction of sp³-hybridized carbons (Fsp3) is 0.500. The molecule has 116 valence electrons. The van der Waals surface area contributed by atoms with Crippen LogP contribution in [-0.4, -0.2) is 34.6 Å². The number of benzene rings is 1. The Kier molecular flexibility index (Phi) is 6.72. The molecule has 2 amide bonds. The number of carbonyl (C=O) groups excluding carboxylic acids is 1. The van der Waals surface area contributed by atoms with Gasteiger partial charge in [-0.15, -0.1) is 0 Å². The Balaban J connectivity index is 2.50. The van der Waals surface area contributed by atoms with Crippen molar-refractivity contribution in [1.29, 1.82) is 0 Å². The molecule has 0 spiro atoms. The first-order valence-electron chi connectivity index (χ1n) is 7.22. The molecule has 1 aromatic rings. The summed E-state index contributed by atoms with van der Waals surface area (Å²) in [5.74, 6) is -0.834. The molecule has 21 heavy (non-hydrogen) atoms. The quantitative estimate of drug-likeness (QED) is 0.812. The highest BCUT2D eigenvalue weighted by atomic mass is 16.4. The van der Waals surface area contributed by atoms with E-state index in [1.54, 1.807) is 4.90 Å². The van der Waals surface area contributed by atoms with Crippen molar-refractivity contribution in [2.45, 2.75) is 46.2 Å². The summed E-state index contributed by atoms with van der Waals surface area (Å²) >= 11 is 0. The summed E-state index contributed by atoms with van der Waals surface area (Å²) in [6, 6.07) is 7.86. The van der Waals surface area contributed by atoms with Crippen LogP contribution in [0.5, 0.6) is 0 Å². The number of carboxylic acid groups (broad SMARTS) is 1. The Bertz CT molecular complexity index is 486. The van der Waals surface area contributed by atoms with Crippen LogP contribution in [0.25, 0.3) is 0 Å². The van der Waals surface area contributed by atoms with Gasteiger partial charge in [0.15, 0.2) is 0 Å². The van der Waals surface area contributed by atoms with Crippen molar-refractivity contribution in [3.05, 3.63) is 35.4 Å². The number of aliphatic carboxylic acids is 1. The molecule has 0 unspecified atom stereocenters. The molecular weight excluding hydrogens is 268 g/mol. The summed E-state index contributed by atoms with van der Waals surface area (Å²) in [5, 5.41) is 11.5. The summed E-state index contributed by atoms with van der Waals surface area (Å²) in [6.45, 7) is 6.78. The van der Waals surface area contributed by atoms with Gasteiger partial charge in [-0.3, -0.25) is 4.79 Å². The number of hydrogen-bond donors (Lipinski definition) is 2. The number of amides is 2. The minimum Gasteiger partial charge on any atom is -0.481 e. The van der Waals surface area contributed by atoms with Gasteiger partial charge >= 0.3 is 12.0 Å². The normalized spacial score (nSPS) is 10.5. The van der Waals surface area contributed by atoms with Crippen molar-refractivity contribution in [2.24, 2.45) is 0 Å². The van der Waals surface area contributed by atoms with Crippen LogP contribution >= 0.6 is 0 Å². The van der Waals surface area contributed by atoms with Crippen molar-refractivity contribution in [1.82, 2.24) is 10.2 Å². The Hall–Kier alpha value is -2.04. The lowest BCUT2D eigenvalue weighted by atomic mass is 10.1. The zero-order valence-corrected chi connectivity index (χ0v) is 12.9. The second-order valence-corrected chi connectivity index (χ2v) is 5.43. The smallest absolute Gasteiger partial charge is 0.317 e. The Labute approximate surface area is 126 Å². The van der Waals surface area contributed by atoms with Gasteiger partial charge in [0.1, 0.15) is 0 Å². The molecule has 0 heterocycles. The van der Waals surface area contributed by atoms with E-state index in [1.807, 2.05) is 45.0 Å². The zero-order chi connectivity index (χ0) is 15.8. The first-order chi connectivity index (χ1) is 9.90. The van der Waals surface area contributed by atoms with E-state index in [1.165, 1.54) is 0 Å². The molecule has 5 heteroatoms. The molecule has 0 saturated heterocycles. The van der Waals surface area contributed by atoms with Crippen LogP contribution in [0.1, 0.15) is 37.8 Å². The number of urea groups is 1. The molecule has 0 aliphatic carbocycles. The number of rotatable bonds is 7. The Morgan fingerprint density at radius 1 is 1.33 bits per heavy atom. The summed E-state index contributed by atoms with van der Waals surface area (Å²) in [4.78, 5) is 24.4. The van der Waals surface area contributed by atoms with E-state index in [-0.39, 0.29) is 18.5 Å². The molecule has 1 rings (SSSR count). The third-order valence-electron chi connectivity index (χ3n) is 3.20. The number of nitrogens with zero attached hydrogens (tertiary/aromatic N) is 1. The van der Waals surface area contributed by atoms with Crippen molar-refractivity contribution < 1.29 is 14.7 Å². The van der Waals surface area contributed by atoms with Gasteiger partial charge in [-0.1, -0.05) is 29.8 Å². The highest BCUT2D eigenvalue weighted by molar-refractivity contribution is 5.74. The van der Waals surface area contributed by atoms with E-state index in [0.29, 0.717) is 19.5 Å². The molecule has 0 fully saturated rings.